The van der Waals surface area contributed by atoms with Crippen molar-refractivity contribution >= 4 is 13.7 Å². The first kappa shape index (κ1) is 8.11. The van der Waals surface area contributed by atoms with E-state index in [-0.39, 0.29) is 5.82 Å². The van der Waals surface area contributed by atoms with E-state index in [1.807, 2.05) is 0 Å². The highest BCUT2D eigenvalue weighted by atomic mass is 31.2. The van der Waals surface area contributed by atoms with Gasteiger partial charge in [0, 0.05) is 5.30 Å². The second-order valence-corrected chi connectivity index (χ2v) is 3.95. The standard InChI is InChI=1S/C8H8FO2P/c9-7-1-3-8(4-2-7)12-10-5-6-11-12/h1-4H,5-6H2. The van der Waals surface area contributed by atoms with Gasteiger partial charge >= 0.3 is 0 Å². The van der Waals surface area contributed by atoms with E-state index in [0.29, 0.717) is 13.2 Å². The molecule has 1 saturated heterocycles. The molecule has 2 nitrogen and oxygen atoms in total. The quantitative estimate of drug-likeness (QED) is 0.622. The van der Waals surface area contributed by atoms with Crippen molar-refractivity contribution in [3.63, 3.8) is 0 Å². The molecule has 0 atom stereocenters. The lowest BCUT2D eigenvalue weighted by atomic mass is 10.4. The lowest BCUT2D eigenvalue weighted by Gasteiger charge is -2.06. The molecule has 1 heterocycles. The van der Waals surface area contributed by atoms with Crippen LogP contribution in [0.4, 0.5) is 4.39 Å². The van der Waals surface area contributed by atoms with Crippen LogP contribution in [0.15, 0.2) is 24.3 Å². The highest BCUT2D eigenvalue weighted by molar-refractivity contribution is 7.56. The van der Waals surface area contributed by atoms with Gasteiger partial charge < -0.3 is 9.05 Å². The van der Waals surface area contributed by atoms with E-state index in [4.69, 9.17) is 9.05 Å². The van der Waals surface area contributed by atoms with Crippen molar-refractivity contribution in [2.24, 2.45) is 0 Å². The van der Waals surface area contributed by atoms with Crippen LogP contribution in [-0.4, -0.2) is 13.2 Å². The van der Waals surface area contributed by atoms with Crippen LogP contribution in [0.5, 0.6) is 0 Å². The Bertz CT molecular complexity index is 256. The van der Waals surface area contributed by atoms with Crippen LogP contribution in [-0.2, 0) is 9.05 Å². The van der Waals surface area contributed by atoms with Crippen LogP contribution in [0.2, 0.25) is 0 Å². The van der Waals surface area contributed by atoms with Crippen molar-refractivity contribution in [2.75, 3.05) is 13.2 Å². The Morgan fingerprint density at radius 1 is 1.08 bits per heavy atom. The minimum Gasteiger partial charge on any atom is -0.328 e. The molecule has 1 aromatic carbocycles. The third-order valence-corrected chi connectivity index (χ3v) is 3.09. The summed E-state index contributed by atoms with van der Waals surface area (Å²) in [5, 5.41) is 0.934. The smallest absolute Gasteiger partial charge is 0.205 e. The number of halogens is 1. The molecule has 1 aliphatic rings. The van der Waals surface area contributed by atoms with Gasteiger partial charge in [-0.05, 0) is 24.3 Å². The van der Waals surface area contributed by atoms with Gasteiger partial charge in [0.05, 0.1) is 13.2 Å². The second-order valence-electron chi connectivity index (χ2n) is 2.40. The molecule has 2 rings (SSSR count). The van der Waals surface area contributed by atoms with Gasteiger partial charge in [0.2, 0.25) is 8.38 Å². The van der Waals surface area contributed by atoms with Gasteiger partial charge in [-0.3, -0.25) is 0 Å². The number of rotatable bonds is 1. The first-order valence-electron chi connectivity index (χ1n) is 3.68. The highest BCUT2D eigenvalue weighted by Crippen LogP contribution is 2.40. The minimum atomic E-state index is -0.919. The zero-order chi connectivity index (χ0) is 8.39. The maximum atomic E-state index is 12.5. The SMILES string of the molecule is Fc1ccc(P2OCCO2)cc1. The summed E-state index contributed by atoms with van der Waals surface area (Å²) in [5.74, 6) is -0.229. The monoisotopic (exact) mass is 186 g/mol. The van der Waals surface area contributed by atoms with E-state index in [2.05, 4.69) is 0 Å². The molecule has 0 saturated carbocycles. The zero-order valence-corrected chi connectivity index (χ0v) is 7.26. The van der Waals surface area contributed by atoms with Gasteiger partial charge in [-0.2, -0.15) is 0 Å². The van der Waals surface area contributed by atoms with E-state index in [1.54, 1.807) is 12.1 Å². The maximum Gasteiger partial charge on any atom is 0.205 e. The molecule has 0 bridgehead atoms. The Morgan fingerprint density at radius 3 is 2.25 bits per heavy atom. The Kier molecular flexibility index (Phi) is 2.35. The Morgan fingerprint density at radius 2 is 1.67 bits per heavy atom. The molecule has 1 aromatic rings. The van der Waals surface area contributed by atoms with Crippen molar-refractivity contribution in [1.29, 1.82) is 0 Å². The largest absolute Gasteiger partial charge is 0.328 e. The van der Waals surface area contributed by atoms with E-state index >= 15 is 0 Å². The van der Waals surface area contributed by atoms with Crippen LogP contribution in [0, 0.1) is 5.82 Å². The molecule has 0 N–H and O–H groups in total. The van der Waals surface area contributed by atoms with Crippen LogP contribution < -0.4 is 5.30 Å². The lowest BCUT2D eigenvalue weighted by molar-refractivity contribution is 0.365. The maximum absolute atomic E-state index is 12.5. The van der Waals surface area contributed by atoms with E-state index in [0.717, 1.165) is 5.30 Å². The van der Waals surface area contributed by atoms with Gasteiger partial charge in [0.1, 0.15) is 5.82 Å². The van der Waals surface area contributed by atoms with Crippen LogP contribution >= 0.6 is 8.38 Å². The number of hydrogen-bond donors (Lipinski definition) is 0. The van der Waals surface area contributed by atoms with Gasteiger partial charge in [0.15, 0.2) is 0 Å². The molecular formula is C8H8FO2P. The molecule has 1 fully saturated rings. The third-order valence-electron chi connectivity index (χ3n) is 1.54. The van der Waals surface area contributed by atoms with Crippen LogP contribution in [0.3, 0.4) is 0 Å². The minimum absolute atomic E-state index is 0.229. The lowest BCUT2D eigenvalue weighted by Crippen LogP contribution is -1.99. The van der Waals surface area contributed by atoms with Gasteiger partial charge in [-0.1, -0.05) is 0 Å². The zero-order valence-electron chi connectivity index (χ0n) is 6.37. The Hall–Kier alpha value is -0.500. The average molecular weight is 186 g/mol. The summed E-state index contributed by atoms with van der Waals surface area (Å²) >= 11 is 0. The molecule has 64 valence electrons. The summed E-state index contributed by atoms with van der Waals surface area (Å²) in [6.45, 7) is 1.28. The number of hydrogen-bond acceptors (Lipinski definition) is 2. The fourth-order valence-electron chi connectivity index (χ4n) is 0.990. The predicted octanol–water partition coefficient (Wildman–Crippen LogP) is 1.81. The van der Waals surface area contributed by atoms with Crippen LogP contribution in [0.25, 0.3) is 0 Å². The topological polar surface area (TPSA) is 18.5 Å². The third kappa shape index (κ3) is 1.63. The molecular weight excluding hydrogens is 178 g/mol. The molecule has 0 radical (unpaired) electrons. The molecule has 1 aliphatic heterocycles. The van der Waals surface area contributed by atoms with E-state index in [1.165, 1.54) is 12.1 Å². The molecule has 12 heavy (non-hydrogen) atoms. The molecule has 4 heteroatoms. The first-order valence-corrected chi connectivity index (χ1v) is 4.85. The van der Waals surface area contributed by atoms with Gasteiger partial charge in [-0.25, -0.2) is 4.39 Å². The normalized spacial score (nSPS) is 18.4. The Labute approximate surface area is 71.2 Å². The van der Waals surface area contributed by atoms with Crippen molar-refractivity contribution < 1.29 is 13.4 Å². The van der Waals surface area contributed by atoms with Gasteiger partial charge in [-0.15, -0.1) is 0 Å². The summed E-state index contributed by atoms with van der Waals surface area (Å²) in [6.07, 6.45) is 0. The first-order chi connectivity index (χ1) is 5.86. The molecule has 0 amide bonds. The predicted molar refractivity (Wildman–Crippen MR) is 44.9 cm³/mol. The summed E-state index contributed by atoms with van der Waals surface area (Å²) < 4.78 is 23.1. The fraction of sp³-hybridized carbons (Fsp3) is 0.250. The van der Waals surface area contributed by atoms with E-state index < -0.39 is 8.38 Å². The Balaban J connectivity index is 2.17. The van der Waals surface area contributed by atoms with Crippen molar-refractivity contribution in [3.05, 3.63) is 30.1 Å². The van der Waals surface area contributed by atoms with Crippen molar-refractivity contribution in [3.8, 4) is 0 Å². The average Bonchev–Trinajstić information content (AvgIpc) is 2.58. The fourth-order valence-corrected chi connectivity index (χ4v) is 2.24. The molecule has 0 aliphatic carbocycles. The molecule has 0 aromatic heterocycles. The summed E-state index contributed by atoms with van der Waals surface area (Å²) in [4.78, 5) is 0. The summed E-state index contributed by atoms with van der Waals surface area (Å²) in [5.41, 5.74) is 0. The summed E-state index contributed by atoms with van der Waals surface area (Å²) in [7, 11) is -0.919. The van der Waals surface area contributed by atoms with E-state index in [9.17, 15) is 4.39 Å². The number of benzene rings is 1. The second kappa shape index (κ2) is 3.48. The highest BCUT2D eigenvalue weighted by Gasteiger charge is 2.18. The van der Waals surface area contributed by atoms with Crippen LogP contribution in [0.1, 0.15) is 0 Å². The molecule has 0 spiro atoms. The van der Waals surface area contributed by atoms with Gasteiger partial charge in [0.25, 0.3) is 0 Å². The summed E-state index contributed by atoms with van der Waals surface area (Å²) in [6, 6.07) is 6.24. The van der Waals surface area contributed by atoms with Crippen molar-refractivity contribution in [1.82, 2.24) is 0 Å². The molecule has 0 unspecified atom stereocenters. The van der Waals surface area contributed by atoms with Crippen molar-refractivity contribution in [2.45, 2.75) is 0 Å².